The van der Waals surface area contributed by atoms with Crippen molar-refractivity contribution >= 4 is 11.6 Å². The van der Waals surface area contributed by atoms with Gasteiger partial charge < -0.3 is 14.6 Å². The van der Waals surface area contributed by atoms with Crippen LogP contribution in [0.4, 0.5) is 5.69 Å². The Hall–Kier alpha value is -3.80. The summed E-state index contributed by atoms with van der Waals surface area (Å²) in [6.45, 7) is 4.44. The minimum absolute atomic E-state index is 0.0160. The molecule has 1 amide bonds. The summed E-state index contributed by atoms with van der Waals surface area (Å²) in [5.74, 6) is 1.50. The number of aromatic amines is 1. The Morgan fingerprint density at radius 3 is 2.60 bits per heavy atom. The quantitative estimate of drug-likeness (QED) is 0.504. The van der Waals surface area contributed by atoms with Crippen LogP contribution in [-0.4, -0.2) is 21.0 Å². The first-order valence-corrected chi connectivity index (χ1v) is 9.92. The number of fused-ring (bicyclic) bond motifs is 1. The predicted molar refractivity (Wildman–Crippen MR) is 115 cm³/mol. The van der Waals surface area contributed by atoms with E-state index in [9.17, 15) is 4.79 Å². The van der Waals surface area contributed by atoms with Crippen LogP contribution in [0.25, 0.3) is 11.5 Å². The minimum atomic E-state index is -0.382. The van der Waals surface area contributed by atoms with Gasteiger partial charge in [0, 0.05) is 17.8 Å². The fraction of sp³-hybridized carbons (Fsp3) is 0.167. The Bertz CT molecular complexity index is 1210. The molecule has 1 aliphatic rings. The molecule has 6 nitrogen and oxygen atoms in total. The third-order valence-corrected chi connectivity index (χ3v) is 5.45. The molecule has 0 fully saturated rings. The van der Waals surface area contributed by atoms with Crippen LogP contribution in [0.3, 0.4) is 0 Å². The maximum Gasteiger partial charge on any atom is 0.258 e. The van der Waals surface area contributed by atoms with E-state index in [4.69, 9.17) is 4.42 Å². The number of aromatic nitrogens is 2. The molecule has 30 heavy (non-hydrogen) atoms. The van der Waals surface area contributed by atoms with Gasteiger partial charge >= 0.3 is 0 Å². The van der Waals surface area contributed by atoms with E-state index in [1.165, 1.54) is 5.56 Å². The lowest BCUT2D eigenvalue weighted by molar-refractivity contribution is 0.0667. The van der Waals surface area contributed by atoms with E-state index in [2.05, 4.69) is 46.7 Å². The van der Waals surface area contributed by atoms with Gasteiger partial charge in [0.2, 0.25) is 0 Å². The van der Waals surface area contributed by atoms with E-state index in [1.54, 1.807) is 6.20 Å². The zero-order valence-electron chi connectivity index (χ0n) is 16.8. The second-order valence-electron chi connectivity index (χ2n) is 7.62. The van der Waals surface area contributed by atoms with Crippen LogP contribution in [0, 0.1) is 13.8 Å². The smallest absolute Gasteiger partial charge is 0.258 e. The third kappa shape index (κ3) is 3.16. The monoisotopic (exact) mass is 398 g/mol. The molecule has 6 heteroatoms. The van der Waals surface area contributed by atoms with Crippen LogP contribution in [0.5, 0.6) is 0 Å². The zero-order chi connectivity index (χ0) is 20.7. The van der Waals surface area contributed by atoms with Crippen LogP contribution in [0.1, 0.15) is 39.0 Å². The molecule has 2 aromatic heterocycles. The van der Waals surface area contributed by atoms with Crippen LogP contribution >= 0.6 is 0 Å². The number of para-hydroxylation sites is 1. The Morgan fingerprint density at radius 1 is 1.03 bits per heavy atom. The van der Waals surface area contributed by atoms with E-state index in [1.807, 2.05) is 48.2 Å². The van der Waals surface area contributed by atoms with Gasteiger partial charge in [-0.15, -0.1) is 0 Å². The van der Waals surface area contributed by atoms with Crippen molar-refractivity contribution in [1.29, 1.82) is 0 Å². The molecular weight excluding hydrogens is 376 g/mol. The van der Waals surface area contributed by atoms with Gasteiger partial charge in [-0.05, 0) is 43.7 Å². The molecule has 4 aromatic rings. The summed E-state index contributed by atoms with van der Waals surface area (Å²) < 4.78 is 5.82. The average molecular weight is 398 g/mol. The van der Waals surface area contributed by atoms with Crippen LogP contribution in [0.15, 0.2) is 71.3 Å². The number of hydrogen-bond donors (Lipinski definition) is 2. The van der Waals surface area contributed by atoms with Crippen LogP contribution in [-0.2, 0) is 6.54 Å². The largest absolute Gasteiger partial charge is 0.460 e. The summed E-state index contributed by atoms with van der Waals surface area (Å²) in [7, 11) is 0. The molecule has 150 valence electrons. The summed E-state index contributed by atoms with van der Waals surface area (Å²) in [4.78, 5) is 15.3. The second-order valence-corrected chi connectivity index (χ2v) is 7.62. The number of hydrogen-bond acceptors (Lipinski definition) is 4. The highest BCUT2D eigenvalue weighted by Crippen LogP contribution is 2.37. The normalized spacial score (nSPS) is 15.7. The molecule has 0 spiro atoms. The number of amides is 1. The topological polar surface area (TPSA) is 74.2 Å². The van der Waals surface area contributed by atoms with Crippen LogP contribution in [0.2, 0.25) is 0 Å². The maximum atomic E-state index is 13.5. The van der Waals surface area contributed by atoms with Gasteiger partial charge in [-0.25, -0.2) is 0 Å². The van der Waals surface area contributed by atoms with Gasteiger partial charge in [-0.1, -0.05) is 42.0 Å². The number of rotatable bonds is 4. The highest BCUT2D eigenvalue weighted by atomic mass is 16.3. The van der Waals surface area contributed by atoms with Crippen molar-refractivity contribution in [2.75, 3.05) is 5.32 Å². The molecule has 5 rings (SSSR count). The molecule has 0 radical (unpaired) electrons. The Morgan fingerprint density at radius 2 is 1.83 bits per heavy atom. The number of carbonyl (C=O) groups is 1. The Kier molecular flexibility index (Phi) is 4.39. The molecule has 1 aliphatic heterocycles. The molecule has 0 aliphatic carbocycles. The first kappa shape index (κ1) is 18.2. The summed E-state index contributed by atoms with van der Waals surface area (Å²) in [6.07, 6.45) is 1.38. The predicted octanol–water partition coefficient (Wildman–Crippen LogP) is 5.05. The van der Waals surface area contributed by atoms with Gasteiger partial charge in [0.1, 0.15) is 17.6 Å². The maximum absolute atomic E-state index is 13.5. The highest BCUT2D eigenvalue weighted by Gasteiger charge is 2.35. The molecule has 2 N–H and O–H groups in total. The number of aryl methyl sites for hydroxylation is 2. The van der Waals surface area contributed by atoms with Gasteiger partial charge in [0.25, 0.3) is 5.91 Å². The number of benzene rings is 2. The number of H-pyrrole nitrogens is 1. The van der Waals surface area contributed by atoms with Crippen molar-refractivity contribution in [3.8, 4) is 11.5 Å². The lowest BCUT2D eigenvalue weighted by atomic mass is 10.0. The first-order chi connectivity index (χ1) is 14.6. The number of carbonyl (C=O) groups excluding carboxylic acids is 1. The van der Waals surface area contributed by atoms with Crippen molar-refractivity contribution in [2.24, 2.45) is 0 Å². The lowest BCUT2D eigenvalue weighted by Crippen LogP contribution is -2.42. The zero-order valence-corrected chi connectivity index (χ0v) is 16.8. The standard InChI is InChI=1S/C24H22N4O2/c1-15-7-10-17(11-8-15)14-28-23(26-20-6-4-3-5-18(20)24(28)29)19-13-25-27-22(19)21-12-9-16(2)30-21/h3-13,23,26H,14H2,1-2H3,(H,25,27). The number of nitrogens with one attached hydrogen (secondary N) is 2. The summed E-state index contributed by atoms with van der Waals surface area (Å²) in [6, 6.07) is 19.7. The van der Waals surface area contributed by atoms with E-state index in [-0.39, 0.29) is 12.1 Å². The van der Waals surface area contributed by atoms with Crippen molar-refractivity contribution in [3.05, 3.63) is 94.9 Å². The van der Waals surface area contributed by atoms with Crippen molar-refractivity contribution in [1.82, 2.24) is 15.1 Å². The second kappa shape index (κ2) is 7.22. The molecule has 3 heterocycles. The highest BCUT2D eigenvalue weighted by molar-refractivity contribution is 6.01. The summed E-state index contributed by atoms with van der Waals surface area (Å²) in [5, 5.41) is 10.8. The van der Waals surface area contributed by atoms with Gasteiger partial charge in [0.05, 0.1) is 11.8 Å². The van der Waals surface area contributed by atoms with Gasteiger partial charge in [-0.3, -0.25) is 9.89 Å². The van der Waals surface area contributed by atoms with E-state index < -0.39 is 0 Å². The fourth-order valence-electron chi connectivity index (χ4n) is 3.86. The Labute approximate surface area is 174 Å². The van der Waals surface area contributed by atoms with Crippen LogP contribution < -0.4 is 5.32 Å². The molecule has 0 bridgehead atoms. The molecule has 0 saturated heterocycles. The van der Waals surface area contributed by atoms with Crippen molar-refractivity contribution in [3.63, 3.8) is 0 Å². The number of furan rings is 1. The van der Waals surface area contributed by atoms with E-state index >= 15 is 0 Å². The number of anilines is 1. The molecular formula is C24H22N4O2. The minimum Gasteiger partial charge on any atom is -0.460 e. The van der Waals surface area contributed by atoms with Crippen molar-refractivity contribution < 1.29 is 9.21 Å². The van der Waals surface area contributed by atoms with E-state index in [0.717, 1.165) is 28.3 Å². The molecule has 1 atom stereocenters. The lowest BCUT2D eigenvalue weighted by Gasteiger charge is -2.38. The third-order valence-electron chi connectivity index (χ3n) is 5.45. The first-order valence-electron chi connectivity index (χ1n) is 9.92. The molecule has 0 saturated carbocycles. The number of nitrogens with zero attached hydrogens (tertiary/aromatic N) is 2. The SMILES string of the molecule is Cc1ccc(CN2C(=O)c3ccccc3NC2c2cn[nH]c2-c2ccc(C)o2)cc1. The van der Waals surface area contributed by atoms with E-state index in [0.29, 0.717) is 17.9 Å². The van der Waals surface area contributed by atoms with Gasteiger partial charge in [0.15, 0.2) is 5.76 Å². The molecule has 2 aromatic carbocycles. The van der Waals surface area contributed by atoms with Gasteiger partial charge in [-0.2, -0.15) is 5.10 Å². The average Bonchev–Trinajstić information content (AvgIpc) is 3.40. The Balaban J connectivity index is 1.59. The fourth-order valence-corrected chi connectivity index (χ4v) is 3.86. The van der Waals surface area contributed by atoms with Crippen molar-refractivity contribution in [2.45, 2.75) is 26.6 Å². The summed E-state index contributed by atoms with van der Waals surface area (Å²) >= 11 is 0. The summed E-state index contributed by atoms with van der Waals surface area (Å²) in [5.41, 5.74) is 5.37. The molecule has 1 unspecified atom stereocenters.